The number of ether oxygens (including phenoxy) is 5. The van der Waals surface area contributed by atoms with Crippen molar-refractivity contribution in [3.05, 3.63) is 12.3 Å². The Kier molecular flexibility index (Phi) is 16.0. The highest BCUT2D eigenvalue weighted by atomic mass is 127. The molecular formula is C34H61IN2O10. The van der Waals surface area contributed by atoms with Crippen LogP contribution < -0.4 is 0 Å². The van der Waals surface area contributed by atoms with Gasteiger partial charge in [0.05, 0.1) is 58.8 Å². The topological polar surface area (TPSA) is 147 Å². The summed E-state index contributed by atoms with van der Waals surface area (Å²) in [6, 6.07) is -0.741. The summed E-state index contributed by atoms with van der Waals surface area (Å²) in [7, 11) is 5.16. The fraction of sp³-hybridized carbons (Fsp3) is 0.882. The van der Waals surface area contributed by atoms with Crippen LogP contribution in [0.5, 0.6) is 0 Å². The minimum absolute atomic E-state index is 0.0405. The predicted octanol–water partition coefficient (Wildman–Crippen LogP) is 3.13. The van der Waals surface area contributed by atoms with Gasteiger partial charge in [-0.25, -0.2) is 0 Å². The van der Waals surface area contributed by atoms with Crippen molar-refractivity contribution in [2.24, 2.45) is 17.8 Å². The van der Waals surface area contributed by atoms with Gasteiger partial charge >= 0.3 is 5.97 Å². The summed E-state index contributed by atoms with van der Waals surface area (Å²) in [5.74, 6) is -2.84. The summed E-state index contributed by atoms with van der Waals surface area (Å²) in [5.41, 5.74) is -3.47. The monoisotopic (exact) mass is 784 g/mol. The number of methoxy groups -OCH3 is 1. The number of aliphatic hydroxyl groups is 3. The lowest BCUT2D eigenvalue weighted by atomic mass is 9.76. The third-order valence-electron chi connectivity index (χ3n) is 9.96. The van der Waals surface area contributed by atoms with Crippen LogP contribution in [0.2, 0.25) is 0 Å². The second-order valence-electron chi connectivity index (χ2n) is 14.3. The first-order valence-electron chi connectivity index (χ1n) is 16.7. The van der Waals surface area contributed by atoms with E-state index in [0.29, 0.717) is 18.7 Å². The number of aliphatic hydroxyl groups excluding tert-OH is 1. The van der Waals surface area contributed by atoms with Gasteiger partial charge in [0.25, 0.3) is 0 Å². The highest BCUT2D eigenvalue weighted by molar-refractivity contribution is 14.1. The van der Waals surface area contributed by atoms with Gasteiger partial charge in [0.2, 0.25) is 0 Å². The summed E-state index contributed by atoms with van der Waals surface area (Å²) in [6.45, 7) is 17.9. The number of cyclic esters (lactones) is 1. The number of carbonyl (C=O) groups excluding carboxylic acids is 2. The highest BCUT2D eigenvalue weighted by Crippen LogP contribution is 2.36. The number of allylic oxidation sites excluding steroid dienone is 1. The van der Waals surface area contributed by atoms with Gasteiger partial charge in [0.15, 0.2) is 23.8 Å². The Hall–Kier alpha value is -0.910. The first kappa shape index (κ1) is 42.3. The van der Waals surface area contributed by atoms with Crippen molar-refractivity contribution in [3.63, 3.8) is 0 Å². The maximum absolute atomic E-state index is 13.5. The molecule has 0 aromatic carbocycles. The number of halogens is 1. The van der Waals surface area contributed by atoms with E-state index in [9.17, 15) is 24.9 Å². The predicted molar refractivity (Wildman–Crippen MR) is 187 cm³/mol. The quantitative estimate of drug-likeness (QED) is 0.104. The molecule has 2 rings (SSSR count). The molecule has 3 N–H and O–H groups in total. The van der Waals surface area contributed by atoms with Gasteiger partial charge in [-0.1, -0.05) is 43.0 Å². The third kappa shape index (κ3) is 10.5. The number of ketones is 1. The molecule has 0 amide bonds. The molecule has 0 radical (unpaired) electrons. The Bertz CT molecular complexity index is 1040. The van der Waals surface area contributed by atoms with Crippen molar-refractivity contribution < 1.29 is 48.6 Å². The van der Waals surface area contributed by atoms with Crippen LogP contribution >= 0.6 is 22.6 Å². The van der Waals surface area contributed by atoms with Crippen molar-refractivity contribution in [2.75, 3.05) is 38.9 Å². The molecule has 2 heterocycles. The number of esters is 1. The maximum atomic E-state index is 13.5. The molecule has 0 aliphatic carbocycles. The number of hydrogen-bond donors (Lipinski definition) is 3. The van der Waals surface area contributed by atoms with E-state index >= 15 is 0 Å². The van der Waals surface area contributed by atoms with Gasteiger partial charge in [0.1, 0.15) is 6.10 Å². The lowest BCUT2D eigenvalue weighted by Crippen LogP contribution is -2.57. The van der Waals surface area contributed by atoms with Gasteiger partial charge < -0.3 is 39.0 Å². The highest BCUT2D eigenvalue weighted by Gasteiger charge is 2.49. The molecule has 0 spiro atoms. The molecule has 12 nitrogen and oxygen atoms in total. The molecule has 0 aromatic rings. The SMILES string of the molecule is C=C(C)O[C@H]1[C@H](OCC2[C@@H](O)C(OC)[C@@H](C)C(=O)O[C@H](CC)[C@@](C)(O)C(=O)[C@@H](C)N(C)C[C@H](C)C[C@@]2(C)O)O[C@H](C)C[C@@H]1N(C)CI. The van der Waals surface area contributed by atoms with Gasteiger partial charge in [-0.05, 0) is 80.8 Å². The minimum Gasteiger partial charge on any atom is -0.489 e. The summed E-state index contributed by atoms with van der Waals surface area (Å²) in [4.78, 5) is 31.0. The number of carbonyl (C=O) groups is 2. The Labute approximate surface area is 295 Å². The van der Waals surface area contributed by atoms with E-state index in [1.807, 2.05) is 25.8 Å². The summed E-state index contributed by atoms with van der Waals surface area (Å²) < 4.78 is 31.0. The number of nitrogens with zero attached hydrogens (tertiary/aromatic N) is 2. The normalized spacial score (nSPS) is 42.0. The largest absolute Gasteiger partial charge is 0.489 e. The number of likely N-dealkylation sites (N-methyl/N-ethyl adjacent to an activating group) is 2. The van der Waals surface area contributed by atoms with Crippen LogP contribution in [0.1, 0.15) is 74.7 Å². The van der Waals surface area contributed by atoms with Crippen LogP contribution in [-0.4, -0.2) is 136 Å². The first-order valence-corrected chi connectivity index (χ1v) is 18.2. The van der Waals surface area contributed by atoms with Gasteiger partial charge in [0, 0.05) is 19.6 Å². The summed E-state index contributed by atoms with van der Waals surface area (Å²) >= 11 is 2.30. The van der Waals surface area contributed by atoms with E-state index < -0.39 is 71.5 Å². The molecule has 13 heteroatoms. The molecule has 274 valence electrons. The number of hydrogen-bond acceptors (Lipinski definition) is 12. The van der Waals surface area contributed by atoms with Crippen LogP contribution in [0.4, 0.5) is 0 Å². The fourth-order valence-electron chi connectivity index (χ4n) is 7.08. The molecule has 13 atom stereocenters. The number of Topliss-reactive ketones (excluding diaryl/α,β-unsaturated/α-hetero) is 1. The van der Waals surface area contributed by atoms with Gasteiger partial charge in [-0.15, -0.1) is 0 Å². The average Bonchev–Trinajstić information content (AvgIpc) is 2.98. The average molecular weight is 785 g/mol. The van der Waals surface area contributed by atoms with Gasteiger partial charge in [-0.2, -0.15) is 0 Å². The molecule has 2 aliphatic rings. The van der Waals surface area contributed by atoms with E-state index in [4.69, 9.17) is 23.7 Å². The Morgan fingerprint density at radius 3 is 2.32 bits per heavy atom. The number of rotatable bonds is 9. The van der Waals surface area contributed by atoms with E-state index in [0.717, 1.165) is 4.55 Å². The van der Waals surface area contributed by atoms with Crippen LogP contribution in [0, 0.1) is 17.8 Å². The molecular weight excluding hydrogens is 723 g/mol. The molecule has 2 aliphatic heterocycles. The first-order chi connectivity index (χ1) is 21.7. The van der Waals surface area contributed by atoms with Crippen LogP contribution in [0.25, 0.3) is 0 Å². The van der Waals surface area contributed by atoms with Crippen molar-refractivity contribution >= 4 is 34.3 Å². The second-order valence-corrected chi connectivity index (χ2v) is 15.0. The lowest BCUT2D eigenvalue weighted by Gasteiger charge is -2.45. The minimum atomic E-state index is -1.95. The molecule has 2 saturated heterocycles. The number of alkyl halides is 1. The third-order valence-corrected chi connectivity index (χ3v) is 11.0. The molecule has 0 aromatic heterocycles. The second kappa shape index (κ2) is 17.8. The van der Waals surface area contributed by atoms with Crippen LogP contribution in [0.15, 0.2) is 12.3 Å². The van der Waals surface area contributed by atoms with E-state index in [1.165, 1.54) is 14.0 Å². The molecule has 47 heavy (non-hydrogen) atoms. The summed E-state index contributed by atoms with van der Waals surface area (Å²) in [6.07, 6.45) is -4.01. The zero-order valence-corrected chi connectivity index (χ0v) is 32.4. The molecule has 0 saturated carbocycles. The van der Waals surface area contributed by atoms with Crippen molar-refractivity contribution in [2.45, 2.75) is 135 Å². The smallest absolute Gasteiger partial charge is 0.311 e. The van der Waals surface area contributed by atoms with E-state index in [2.05, 4.69) is 34.1 Å². The zero-order valence-electron chi connectivity index (χ0n) is 30.3. The summed E-state index contributed by atoms with van der Waals surface area (Å²) in [5, 5.41) is 35.4. The maximum Gasteiger partial charge on any atom is 0.311 e. The molecule has 2 fully saturated rings. The lowest BCUT2D eigenvalue weighted by molar-refractivity contribution is -0.270. The van der Waals surface area contributed by atoms with E-state index in [1.54, 1.807) is 41.7 Å². The van der Waals surface area contributed by atoms with Crippen molar-refractivity contribution in [1.82, 2.24) is 9.80 Å². The zero-order chi connectivity index (χ0) is 36.0. The Balaban J connectivity index is 2.56. The van der Waals surface area contributed by atoms with Crippen LogP contribution in [-0.2, 0) is 33.3 Å². The van der Waals surface area contributed by atoms with Gasteiger partial charge in [-0.3, -0.25) is 19.4 Å². The Morgan fingerprint density at radius 1 is 1.17 bits per heavy atom. The molecule has 0 bridgehead atoms. The van der Waals surface area contributed by atoms with Crippen LogP contribution in [0.3, 0.4) is 0 Å². The van der Waals surface area contributed by atoms with E-state index in [-0.39, 0.29) is 37.5 Å². The Morgan fingerprint density at radius 2 is 1.79 bits per heavy atom. The fourth-order valence-corrected chi connectivity index (χ4v) is 7.59. The van der Waals surface area contributed by atoms with Crippen molar-refractivity contribution in [3.8, 4) is 0 Å². The standard InChI is InChI=1S/C34H61IN2O10/c1-13-26-34(9,42)30(39)23(7)36(10)16-20(4)15-33(8,41)24(27(38)28(43-12)22(6)31(40)47-26)17-44-32-29(45-19(2)3)25(37(11)18-35)14-21(5)46-32/h20-29,32,38,41-42H,2,13-18H2,1,3-12H3/t20-,21-,22-,23-,24?,25+,26-,27-,28?,29-,32-,33-,34-/m1/s1. The van der Waals surface area contributed by atoms with Crippen molar-refractivity contribution in [1.29, 1.82) is 0 Å². The molecule has 2 unspecified atom stereocenters.